The molecule has 0 saturated carbocycles. The van der Waals surface area contributed by atoms with Gasteiger partial charge in [0.1, 0.15) is 0 Å². The molecule has 0 spiro atoms. The van der Waals surface area contributed by atoms with E-state index in [0.717, 1.165) is 19.3 Å². The highest BCUT2D eigenvalue weighted by Crippen LogP contribution is 2.22. The molecule has 102 valence electrons. The Morgan fingerprint density at radius 3 is 2.41 bits per heavy atom. The minimum atomic E-state index is -3.26. The summed E-state index contributed by atoms with van der Waals surface area (Å²) in [6.45, 7) is 3.99. The highest BCUT2D eigenvalue weighted by molar-refractivity contribution is 7.86. The molecular weight excluding hydrogens is 260 g/mol. The molecule has 1 fully saturated rings. The maximum Gasteiger partial charge on any atom is 0.281 e. The predicted molar refractivity (Wildman–Crippen MR) is 71.5 cm³/mol. The monoisotopic (exact) mass is 282 g/mol. The lowest BCUT2D eigenvalue weighted by molar-refractivity contribution is 0.255. The van der Waals surface area contributed by atoms with Crippen LogP contribution in [0.2, 0.25) is 0 Å². The normalized spacial score (nSPS) is 20.0. The fraction of sp³-hybridized carbons (Fsp3) is 1.00. The van der Waals surface area contributed by atoms with Crippen LogP contribution in [0, 0.1) is 5.92 Å². The molecule has 0 bridgehead atoms. The minimum absolute atomic E-state index is 0.498. The largest absolute Gasteiger partial charge is 0.281 e. The van der Waals surface area contributed by atoms with Crippen LogP contribution >= 0.6 is 11.6 Å². The predicted octanol–water partition coefficient (Wildman–Crippen LogP) is 1.91. The van der Waals surface area contributed by atoms with E-state index in [1.807, 2.05) is 0 Å². The van der Waals surface area contributed by atoms with Crippen LogP contribution in [0.15, 0.2) is 0 Å². The lowest BCUT2D eigenvalue weighted by atomic mass is 9.96. The van der Waals surface area contributed by atoms with Gasteiger partial charge in [0.15, 0.2) is 0 Å². The van der Waals surface area contributed by atoms with Gasteiger partial charge < -0.3 is 0 Å². The molecule has 1 rings (SSSR count). The van der Waals surface area contributed by atoms with E-state index in [0.29, 0.717) is 37.9 Å². The van der Waals surface area contributed by atoms with Crippen LogP contribution in [-0.2, 0) is 10.2 Å². The number of hydrogen-bond donors (Lipinski definition) is 0. The summed E-state index contributed by atoms with van der Waals surface area (Å²) in [5, 5.41) is 0. The van der Waals surface area contributed by atoms with E-state index >= 15 is 0 Å². The number of rotatable bonds is 6. The van der Waals surface area contributed by atoms with E-state index in [4.69, 9.17) is 11.6 Å². The van der Waals surface area contributed by atoms with Gasteiger partial charge in [-0.25, -0.2) is 0 Å². The van der Waals surface area contributed by atoms with Crippen molar-refractivity contribution < 1.29 is 8.42 Å². The number of alkyl halides is 1. The van der Waals surface area contributed by atoms with E-state index in [-0.39, 0.29) is 0 Å². The Labute approximate surface area is 110 Å². The summed E-state index contributed by atoms with van der Waals surface area (Å²) in [6, 6.07) is 0. The maximum atomic E-state index is 12.2. The van der Waals surface area contributed by atoms with Crippen molar-refractivity contribution in [3.63, 3.8) is 0 Å². The summed E-state index contributed by atoms with van der Waals surface area (Å²) in [7, 11) is -1.63. The first-order valence-corrected chi connectivity index (χ1v) is 8.22. The summed E-state index contributed by atoms with van der Waals surface area (Å²) in [5.74, 6) is 1.19. The number of nitrogens with zero attached hydrogens (tertiary/aromatic N) is 2. The molecule has 0 amide bonds. The van der Waals surface area contributed by atoms with Gasteiger partial charge in [-0.05, 0) is 25.2 Å². The topological polar surface area (TPSA) is 40.6 Å². The number of piperidine rings is 1. The third-order valence-electron chi connectivity index (χ3n) is 3.48. The first-order chi connectivity index (χ1) is 8.02. The molecular formula is C11H23ClN2O2S. The molecule has 0 N–H and O–H groups in total. The SMILES string of the molecule is CCC1CCN(S(=O)(=O)N(C)CCCCl)CC1. The molecule has 17 heavy (non-hydrogen) atoms. The van der Waals surface area contributed by atoms with Crippen molar-refractivity contribution in [2.75, 3.05) is 32.6 Å². The van der Waals surface area contributed by atoms with E-state index in [9.17, 15) is 8.42 Å². The van der Waals surface area contributed by atoms with Crippen molar-refractivity contribution in [2.24, 2.45) is 5.92 Å². The fourth-order valence-corrected chi connectivity index (χ4v) is 3.69. The van der Waals surface area contributed by atoms with E-state index in [1.54, 1.807) is 11.4 Å². The molecule has 1 saturated heterocycles. The van der Waals surface area contributed by atoms with Crippen LogP contribution in [0.3, 0.4) is 0 Å². The van der Waals surface area contributed by atoms with Crippen LogP contribution in [0.4, 0.5) is 0 Å². The third-order valence-corrected chi connectivity index (χ3v) is 5.73. The zero-order chi connectivity index (χ0) is 12.9. The van der Waals surface area contributed by atoms with Crippen LogP contribution in [0.1, 0.15) is 32.6 Å². The van der Waals surface area contributed by atoms with Crippen molar-refractivity contribution in [1.29, 1.82) is 0 Å². The highest BCUT2D eigenvalue weighted by atomic mass is 35.5. The Kier molecular flexibility index (Phi) is 6.20. The second-order valence-electron chi connectivity index (χ2n) is 4.62. The average molecular weight is 283 g/mol. The average Bonchev–Trinajstić information content (AvgIpc) is 2.35. The van der Waals surface area contributed by atoms with Gasteiger partial charge in [0.2, 0.25) is 0 Å². The van der Waals surface area contributed by atoms with Crippen molar-refractivity contribution in [2.45, 2.75) is 32.6 Å². The highest BCUT2D eigenvalue weighted by Gasteiger charge is 2.30. The van der Waals surface area contributed by atoms with Crippen LogP contribution < -0.4 is 0 Å². The smallest absolute Gasteiger partial charge is 0.195 e. The van der Waals surface area contributed by atoms with Crippen LogP contribution in [0.25, 0.3) is 0 Å². The lowest BCUT2D eigenvalue weighted by Crippen LogP contribution is -2.46. The Morgan fingerprint density at radius 1 is 1.35 bits per heavy atom. The van der Waals surface area contributed by atoms with E-state index in [1.165, 1.54) is 4.31 Å². The first kappa shape index (κ1) is 15.2. The zero-order valence-electron chi connectivity index (χ0n) is 10.7. The van der Waals surface area contributed by atoms with Gasteiger partial charge in [-0.2, -0.15) is 17.0 Å². The Hall–Kier alpha value is 0.160. The molecule has 0 aromatic carbocycles. The summed E-state index contributed by atoms with van der Waals surface area (Å²) in [4.78, 5) is 0. The van der Waals surface area contributed by atoms with Gasteiger partial charge in [0, 0.05) is 32.6 Å². The summed E-state index contributed by atoms with van der Waals surface area (Å²) < 4.78 is 27.4. The van der Waals surface area contributed by atoms with Gasteiger partial charge >= 0.3 is 0 Å². The van der Waals surface area contributed by atoms with Crippen molar-refractivity contribution >= 4 is 21.8 Å². The molecule has 0 aromatic rings. The van der Waals surface area contributed by atoms with Crippen molar-refractivity contribution in [1.82, 2.24) is 8.61 Å². The molecule has 0 unspecified atom stereocenters. The van der Waals surface area contributed by atoms with Crippen LogP contribution in [-0.4, -0.2) is 49.6 Å². The molecule has 1 aliphatic heterocycles. The lowest BCUT2D eigenvalue weighted by Gasteiger charge is -2.33. The molecule has 0 radical (unpaired) electrons. The summed E-state index contributed by atoms with van der Waals surface area (Å²) in [6.07, 6.45) is 3.82. The van der Waals surface area contributed by atoms with Gasteiger partial charge in [-0.15, -0.1) is 11.6 Å². The van der Waals surface area contributed by atoms with Gasteiger partial charge in [0.25, 0.3) is 10.2 Å². The van der Waals surface area contributed by atoms with Gasteiger partial charge in [-0.3, -0.25) is 0 Å². The molecule has 4 nitrogen and oxygen atoms in total. The minimum Gasteiger partial charge on any atom is -0.195 e. The Morgan fingerprint density at radius 2 is 1.94 bits per heavy atom. The first-order valence-electron chi connectivity index (χ1n) is 6.29. The second-order valence-corrected chi connectivity index (χ2v) is 7.04. The van der Waals surface area contributed by atoms with Crippen LogP contribution in [0.5, 0.6) is 0 Å². The number of halogens is 1. The molecule has 0 aromatic heterocycles. The molecule has 0 atom stereocenters. The maximum absolute atomic E-state index is 12.2. The summed E-state index contributed by atoms with van der Waals surface area (Å²) >= 11 is 5.58. The van der Waals surface area contributed by atoms with Crippen molar-refractivity contribution in [3.05, 3.63) is 0 Å². The zero-order valence-corrected chi connectivity index (χ0v) is 12.3. The third kappa shape index (κ3) is 4.09. The molecule has 0 aliphatic carbocycles. The van der Waals surface area contributed by atoms with Gasteiger partial charge in [-0.1, -0.05) is 13.3 Å². The Balaban J connectivity index is 2.53. The van der Waals surface area contributed by atoms with E-state index < -0.39 is 10.2 Å². The molecule has 6 heteroatoms. The molecule has 1 aliphatic rings. The quantitative estimate of drug-likeness (QED) is 0.699. The Bertz CT molecular complexity index is 313. The van der Waals surface area contributed by atoms with Gasteiger partial charge in [0.05, 0.1) is 0 Å². The summed E-state index contributed by atoms with van der Waals surface area (Å²) in [5.41, 5.74) is 0. The fourth-order valence-electron chi connectivity index (χ4n) is 2.14. The molecule has 1 heterocycles. The number of hydrogen-bond acceptors (Lipinski definition) is 2. The second kappa shape index (κ2) is 6.92. The standard InChI is InChI=1S/C11H23ClN2O2S/c1-3-11-5-9-14(10-6-11)17(15,16)13(2)8-4-7-12/h11H,3-10H2,1-2H3. The van der Waals surface area contributed by atoms with Crippen molar-refractivity contribution in [3.8, 4) is 0 Å². The van der Waals surface area contributed by atoms with E-state index in [2.05, 4.69) is 6.92 Å².